The summed E-state index contributed by atoms with van der Waals surface area (Å²) in [6, 6.07) is 3.05. The van der Waals surface area contributed by atoms with Gasteiger partial charge < -0.3 is 25.8 Å². The molecule has 4 N–H and O–H groups in total. The molecule has 1 unspecified atom stereocenters. The summed E-state index contributed by atoms with van der Waals surface area (Å²) in [5, 5.41) is 5.68. The summed E-state index contributed by atoms with van der Waals surface area (Å²) in [6.07, 6.45) is 4.29. The zero-order chi connectivity index (χ0) is 17.1. The highest BCUT2D eigenvalue weighted by Crippen LogP contribution is 2.38. The van der Waals surface area contributed by atoms with Crippen LogP contribution in [0.2, 0.25) is 0 Å². The molecule has 3 rings (SSSR count). The van der Waals surface area contributed by atoms with E-state index < -0.39 is 0 Å². The SMILES string of the molecule is CC(CC(=O)Nc1cc2c(cc1N)OCO2)NC(=O)C1CCCC1. The molecule has 2 aliphatic rings. The molecular weight excluding hydrogens is 310 g/mol. The van der Waals surface area contributed by atoms with Crippen LogP contribution in [0.1, 0.15) is 39.0 Å². The number of hydrogen-bond acceptors (Lipinski definition) is 5. The number of ether oxygens (including phenoxy) is 2. The summed E-state index contributed by atoms with van der Waals surface area (Å²) < 4.78 is 10.5. The number of amides is 2. The zero-order valence-electron chi connectivity index (χ0n) is 13.8. The van der Waals surface area contributed by atoms with Crippen LogP contribution in [0.4, 0.5) is 11.4 Å². The average molecular weight is 333 g/mol. The average Bonchev–Trinajstić information content (AvgIpc) is 3.18. The van der Waals surface area contributed by atoms with Gasteiger partial charge in [-0.2, -0.15) is 0 Å². The number of carbonyl (C=O) groups excluding carboxylic acids is 2. The second kappa shape index (κ2) is 6.98. The van der Waals surface area contributed by atoms with Gasteiger partial charge in [0.25, 0.3) is 0 Å². The van der Waals surface area contributed by atoms with E-state index in [0.717, 1.165) is 25.7 Å². The second-order valence-electron chi connectivity index (χ2n) is 6.44. The van der Waals surface area contributed by atoms with Gasteiger partial charge in [0.1, 0.15) is 0 Å². The van der Waals surface area contributed by atoms with Gasteiger partial charge in [-0.25, -0.2) is 0 Å². The third-order valence-electron chi connectivity index (χ3n) is 4.43. The van der Waals surface area contributed by atoms with E-state index in [9.17, 15) is 9.59 Å². The lowest BCUT2D eigenvalue weighted by molar-refractivity contribution is -0.125. The fourth-order valence-corrected chi connectivity index (χ4v) is 3.15. The van der Waals surface area contributed by atoms with Gasteiger partial charge in [0.15, 0.2) is 11.5 Å². The lowest BCUT2D eigenvalue weighted by Crippen LogP contribution is -2.38. The standard InChI is InChI=1S/C17H23N3O4/c1-10(19-17(22)11-4-2-3-5-11)6-16(21)20-13-8-15-14(7-12(13)18)23-9-24-15/h7-8,10-11H,2-6,9,18H2,1H3,(H,19,22)(H,20,21). The van der Waals surface area contributed by atoms with E-state index in [-0.39, 0.29) is 37.0 Å². The predicted molar refractivity (Wildman–Crippen MR) is 89.8 cm³/mol. The van der Waals surface area contributed by atoms with Crippen LogP contribution in [-0.2, 0) is 9.59 Å². The molecule has 1 saturated carbocycles. The molecule has 24 heavy (non-hydrogen) atoms. The maximum absolute atomic E-state index is 12.2. The van der Waals surface area contributed by atoms with Crippen molar-refractivity contribution in [3.05, 3.63) is 12.1 Å². The Balaban J connectivity index is 1.52. The van der Waals surface area contributed by atoms with E-state index in [2.05, 4.69) is 10.6 Å². The first-order chi connectivity index (χ1) is 11.5. The van der Waals surface area contributed by atoms with Crippen LogP contribution >= 0.6 is 0 Å². The lowest BCUT2D eigenvalue weighted by Gasteiger charge is -2.17. The maximum atomic E-state index is 12.2. The molecule has 1 heterocycles. The van der Waals surface area contributed by atoms with Crippen LogP contribution in [0.25, 0.3) is 0 Å². The Morgan fingerprint density at radius 3 is 2.62 bits per heavy atom. The van der Waals surface area contributed by atoms with Crippen molar-refractivity contribution in [3.63, 3.8) is 0 Å². The Hall–Kier alpha value is -2.44. The van der Waals surface area contributed by atoms with Crippen molar-refractivity contribution >= 4 is 23.2 Å². The van der Waals surface area contributed by atoms with Gasteiger partial charge >= 0.3 is 0 Å². The molecule has 1 aromatic carbocycles. The maximum Gasteiger partial charge on any atom is 0.231 e. The number of nitrogens with two attached hydrogens (primary N) is 1. The van der Waals surface area contributed by atoms with Gasteiger partial charge in [-0.1, -0.05) is 12.8 Å². The van der Waals surface area contributed by atoms with Crippen LogP contribution < -0.4 is 25.8 Å². The number of nitrogens with one attached hydrogen (secondary N) is 2. The number of hydrogen-bond donors (Lipinski definition) is 3. The van der Waals surface area contributed by atoms with E-state index >= 15 is 0 Å². The summed E-state index contributed by atoms with van der Waals surface area (Å²) in [5.41, 5.74) is 6.81. The highest BCUT2D eigenvalue weighted by molar-refractivity contribution is 5.95. The van der Waals surface area contributed by atoms with Gasteiger partial charge in [0.05, 0.1) is 11.4 Å². The van der Waals surface area contributed by atoms with E-state index in [4.69, 9.17) is 15.2 Å². The number of fused-ring (bicyclic) bond motifs is 1. The molecule has 7 nitrogen and oxygen atoms in total. The van der Waals surface area contributed by atoms with Crippen molar-refractivity contribution in [2.45, 2.75) is 45.1 Å². The van der Waals surface area contributed by atoms with Crippen molar-refractivity contribution in [2.75, 3.05) is 17.8 Å². The summed E-state index contributed by atoms with van der Waals surface area (Å²) >= 11 is 0. The van der Waals surface area contributed by atoms with Crippen molar-refractivity contribution in [2.24, 2.45) is 5.92 Å². The summed E-state index contributed by atoms with van der Waals surface area (Å²) in [6.45, 7) is 1.98. The quantitative estimate of drug-likeness (QED) is 0.715. The summed E-state index contributed by atoms with van der Waals surface area (Å²) in [7, 11) is 0. The Kier molecular flexibility index (Phi) is 4.78. The van der Waals surface area contributed by atoms with Gasteiger partial charge in [0.2, 0.25) is 18.6 Å². The molecule has 1 atom stereocenters. The van der Waals surface area contributed by atoms with Crippen molar-refractivity contribution in [1.82, 2.24) is 5.32 Å². The van der Waals surface area contributed by atoms with Crippen molar-refractivity contribution < 1.29 is 19.1 Å². The van der Waals surface area contributed by atoms with Crippen molar-refractivity contribution in [3.8, 4) is 11.5 Å². The third kappa shape index (κ3) is 3.72. The topological polar surface area (TPSA) is 103 Å². The van der Waals surface area contributed by atoms with E-state index in [1.807, 2.05) is 6.92 Å². The Morgan fingerprint density at radius 1 is 1.25 bits per heavy atom. The van der Waals surface area contributed by atoms with E-state index in [0.29, 0.717) is 22.9 Å². The minimum absolute atomic E-state index is 0.0513. The first kappa shape index (κ1) is 16.4. The molecule has 130 valence electrons. The summed E-state index contributed by atoms with van der Waals surface area (Å²) in [5.74, 6) is 1.07. The molecule has 1 fully saturated rings. The smallest absolute Gasteiger partial charge is 0.231 e. The fourth-order valence-electron chi connectivity index (χ4n) is 3.15. The molecular formula is C17H23N3O4. The summed E-state index contributed by atoms with van der Waals surface area (Å²) in [4.78, 5) is 24.3. The number of benzene rings is 1. The molecule has 0 radical (unpaired) electrons. The zero-order valence-corrected chi connectivity index (χ0v) is 13.8. The second-order valence-corrected chi connectivity index (χ2v) is 6.44. The Morgan fingerprint density at radius 2 is 1.92 bits per heavy atom. The van der Waals surface area contributed by atoms with E-state index in [1.54, 1.807) is 12.1 Å². The van der Waals surface area contributed by atoms with Crippen LogP contribution in [0, 0.1) is 5.92 Å². The Bertz CT molecular complexity index is 641. The molecule has 7 heteroatoms. The first-order valence-corrected chi connectivity index (χ1v) is 8.32. The largest absolute Gasteiger partial charge is 0.454 e. The van der Waals surface area contributed by atoms with Gasteiger partial charge in [-0.15, -0.1) is 0 Å². The van der Waals surface area contributed by atoms with Gasteiger partial charge in [-0.05, 0) is 19.8 Å². The highest BCUT2D eigenvalue weighted by atomic mass is 16.7. The molecule has 1 aromatic rings. The predicted octanol–water partition coefficient (Wildman–Crippen LogP) is 2.02. The van der Waals surface area contributed by atoms with E-state index in [1.165, 1.54) is 0 Å². The van der Waals surface area contributed by atoms with Crippen LogP contribution in [0.3, 0.4) is 0 Å². The lowest BCUT2D eigenvalue weighted by atomic mass is 10.1. The Labute approximate surface area is 140 Å². The normalized spacial score (nSPS) is 17.5. The number of carbonyl (C=O) groups is 2. The monoisotopic (exact) mass is 333 g/mol. The fraction of sp³-hybridized carbons (Fsp3) is 0.529. The molecule has 1 aliphatic heterocycles. The molecule has 0 aromatic heterocycles. The molecule has 0 bridgehead atoms. The van der Waals surface area contributed by atoms with Crippen molar-refractivity contribution in [1.29, 1.82) is 0 Å². The third-order valence-corrected chi connectivity index (χ3v) is 4.43. The minimum atomic E-state index is -0.228. The minimum Gasteiger partial charge on any atom is -0.454 e. The number of nitrogen functional groups attached to an aromatic ring is 1. The molecule has 1 aliphatic carbocycles. The van der Waals surface area contributed by atoms with Crippen LogP contribution in [-0.4, -0.2) is 24.6 Å². The number of rotatable bonds is 5. The molecule has 2 amide bonds. The first-order valence-electron chi connectivity index (χ1n) is 8.32. The van der Waals surface area contributed by atoms with Gasteiger partial charge in [0, 0.05) is 30.5 Å². The highest BCUT2D eigenvalue weighted by Gasteiger charge is 2.24. The van der Waals surface area contributed by atoms with Crippen LogP contribution in [0.5, 0.6) is 11.5 Å². The van der Waals surface area contributed by atoms with Gasteiger partial charge in [-0.3, -0.25) is 9.59 Å². The van der Waals surface area contributed by atoms with Crippen LogP contribution in [0.15, 0.2) is 12.1 Å². The molecule has 0 spiro atoms. The number of anilines is 2. The molecule has 0 saturated heterocycles.